The lowest BCUT2D eigenvalue weighted by molar-refractivity contribution is 0.816. The molecule has 3 aromatic heterocycles. The van der Waals surface area contributed by atoms with Crippen LogP contribution in [0.1, 0.15) is 16.0 Å². The van der Waals surface area contributed by atoms with Gasteiger partial charge in [0, 0.05) is 23.8 Å². The fourth-order valence-electron chi connectivity index (χ4n) is 2.69. The molecule has 5 nitrogen and oxygen atoms in total. The van der Waals surface area contributed by atoms with Crippen LogP contribution >= 0.6 is 34.5 Å². The molecule has 1 aromatic carbocycles. The maximum absolute atomic E-state index is 6.12. The van der Waals surface area contributed by atoms with Crippen molar-refractivity contribution in [3.05, 3.63) is 62.7 Å². The van der Waals surface area contributed by atoms with Crippen LogP contribution in [0.15, 0.2) is 36.7 Å². The molecule has 4 aromatic rings. The third-order valence-electron chi connectivity index (χ3n) is 4.17. The molecular weight excluding hydrogens is 389 g/mol. The highest BCUT2D eigenvalue weighted by Crippen LogP contribution is 2.34. The van der Waals surface area contributed by atoms with Gasteiger partial charge in [0.15, 0.2) is 0 Å². The van der Waals surface area contributed by atoms with E-state index in [4.69, 9.17) is 28.2 Å². The fourth-order valence-corrected chi connectivity index (χ4v) is 4.04. The van der Waals surface area contributed by atoms with Gasteiger partial charge in [-0.25, -0.2) is 4.68 Å². The molecule has 0 radical (unpaired) electrons. The van der Waals surface area contributed by atoms with E-state index < -0.39 is 0 Å². The van der Waals surface area contributed by atoms with Crippen LogP contribution in [0.4, 0.5) is 5.82 Å². The third-order valence-corrected chi connectivity index (χ3v) is 6.01. The zero-order chi connectivity index (χ0) is 18.3. The van der Waals surface area contributed by atoms with Crippen molar-refractivity contribution < 1.29 is 0 Å². The molecule has 0 spiro atoms. The van der Waals surface area contributed by atoms with Crippen molar-refractivity contribution in [2.24, 2.45) is 0 Å². The summed E-state index contributed by atoms with van der Waals surface area (Å²) in [6.07, 6.45) is 3.54. The molecule has 0 saturated carbocycles. The lowest BCUT2D eigenvalue weighted by Crippen LogP contribution is -2.07. The Morgan fingerprint density at radius 3 is 2.73 bits per heavy atom. The van der Waals surface area contributed by atoms with Crippen molar-refractivity contribution in [1.29, 1.82) is 0 Å². The van der Waals surface area contributed by atoms with Gasteiger partial charge in [-0.3, -0.25) is 0 Å². The normalized spacial score (nSPS) is 11.2. The van der Waals surface area contributed by atoms with E-state index in [1.54, 1.807) is 28.3 Å². The van der Waals surface area contributed by atoms with E-state index in [9.17, 15) is 0 Å². The molecule has 3 heterocycles. The quantitative estimate of drug-likeness (QED) is 0.494. The molecule has 0 fully saturated rings. The van der Waals surface area contributed by atoms with Gasteiger partial charge in [0.2, 0.25) is 0 Å². The Kier molecular flexibility index (Phi) is 4.56. The molecule has 0 aliphatic heterocycles. The lowest BCUT2D eigenvalue weighted by atomic mass is 10.2. The summed E-state index contributed by atoms with van der Waals surface area (Å²) in [6, 6.07) is 7.45. The highest BCUT2D eigenvalue weighted by atomic mass is 35.5. The molecule has 0 aliphatic rings. The van der Waals surface area contributed by atoms with E-state index in [1.807, 2.05) is 24.4 Å². The van der Waals surface area contributed by atoms with Crippen molar-refractivity contribution in [1.82, 2.24) is 19.7 Å². The van der Waals surface area contributed by atoms with Gasteiger partial charge in [-0.05, 0) is 43.2 Å². The summed E-state index contributed by atoms with van der Waals surface area (Å²) < 4.78 is 1.66. The van der Waals surface area contributed by atoms with Crippen LogP contribution in [-0.2, 0) is 6.54 Å². The second kappa shape index (κ2) is 6.87. The topological polar surface area (TPSA) is 55.6 Å². The van der Waals surface area contributed by atoms with Crippen LogP contribution in [0.3, 0.4) is 0 Å². The summed E-state index contributed by atoms with van der Waals surface area (Å²) in [6.45, 7) is 4.77. The van der Waals surface area contributed by atoms with Gasteiger partial charge >= 0.3 is 0 Å². The van der Waals surface area contributed by atoms with Gasteiger partial charge in [-0.15, -0.1) is 11.3 Å². The molecule has 4 rings (SSSR count). The van der Waals surface area contributed by atoms with Crippen LogP contribution < -0.4 is 5.32 Å². The van der Waals surface area contributed by atoms with E-state index in [0.29, 0.717) is 22.5 Å². The second-order valence-electron chi connectivity index (χ2n) is 5.89. The van der Waals surface area contributed by atoms with Crippen LogP contribution in [0.5, 0.6) is 0 Å². The summed E-state index contributed by atoms with van der Waals surface area (Å²) in [5.41, 5.74) is 2.21. The minimum absolute atomic E-state index is 0.540. The molecule has 8 heteroatoms. The van der Waals surface area contributed by atoms with E-state index >= 15 is 0 Å². The maximum atomic E-state index is 6.12. The average Bonchev–Trinajstić information content (AvgIpc) is 3.25. The van der Waals surface area contributed by atoms with Gasteiger partial charge in [0.25, 0.3) is 5.95 Å². The largest absolute Gasteiger partial charge is 0.365 e. The van der Waals surface area contributed by atoms with Gasteiger partial charge in [-0.2, -0.15) is 15.1 Å². The molecule has 0 amide bonds. The lowest BCUT2D eigenvalue weighted by Gasteiger charge is -2.10. The summed E-state index contributed by atoms with van der Waals surface area (Å²) in [4.78, 5) is 11.5. The van der Waals surface area contributed by atoms with E-state index in [0.717, 1.165) is 21.6 Å². The SMILES string of the molecule is Cc1sc2nc(-n3cccn3)nc(NCc3ccc(Cl)c(Cl)c3)c2c1C. The zero-order valence-electron chi connectivity index (χ0n) is 14.1. The monoisotopic (exact) mass is 403 g/mol. The number of hydrogen-bond acceptors (Lipinski definition) is 5. The van der Waals surface area contributed by atoms with Gasteiger partial charge in [0.1, 0.15) is 10.6 Å². The molecule has 0 bridgehead atoms. The van der Waals surface area contributed by atoms with Crippen LogP contribution in [0.25, 0.3) is 16.2 Å². The Morgan fingerprint density at radius 1 is 1.15 bits per heavy atom. The summed E-state index contributed by atoms with van der Waals surface area (Å²) in [5, 5.41) is 9.79. The molecular formula is C18H15Cl2N5S. The zero-order valence-corrected chi connectivity index (χ0v) is 16.5. The number of nitrogens with one attached hydrogen (secondary N) is 1. The maximum Gasteiger partial charge on any atom is 0.253 e. The first-order valence-corrected chi connectivity index (χ1v) is 9.55. The number of thiophene rings is 1. The second-order valence-corrected chi connectivity index (χ2v) is 7.91. The Hall–Kier alpha value is -2.15. The predicted octanol–water partition coefficient (Wildman–Crippen LogP) is 5.41. The molecule has 26 heavy (non-hydrogen) atoms. The van der Waals surface area contributed by atoms with Crippen molar-refractivity contribution in [2.45, 2.75) is 20.4 Å². The highest BCUT2D eigenvalue weighted by molar-refractivity contribution is 7.18. The first-order valence-electron chi connectivity index (χ1n) is 7.98. The number of nitrogens with zero attached hydrogens (tertiary/aromatic N) is 4. The van der Waals surface area contributed by atoms with Crippen LogP contribution in [0.2, 0.25) is 10.0 Å². The molecule has 0 atom stereocenters. The number of fused-ring (bicyclic) bond motifs is 1. The molecule has 0 saturated heterocycles. The highest BCUT2D eigenvalue weighted by Gasteiger charge is 2.15. The van der Waals surface area contributed by atoms with Crippen molar-refractivity contribution >= 4 is 50.6 Å². The number of hydrogen-bond donors (Lipinski definition) is 1. The van der Waals surface area contributed by atoms with Gasteiger partial charge in [-0.1, -0.05) is 29.3 Å². The minimum Gasteiger partial charge on any atom is -0.365 e. The molecule has 0 unspecified atom stereocenters. The third kappa shape index (κ3) is 3.16. The van der Waals surface area contributed by atoms with E-state index in [1.165, 1.54) is 10.4 Å². The number of rotatable bonds is 4. The number of benzene rings is 1. The Labute approximate surface area is 164 Å². The Bertz CT molecular complexity index is 1090. The van der Waals surface area contributed by atoms with Crippen molar-refractivity contribution in [3.63, 3.8) is 0 Å². The van der Waals surface area contributed by atoms with Crippen molar-refractivity contribution in [3.8, 4) is 5.95 Å². The minimum atomic E-state index is 0.540. The van der Waals surface area contributed by atoms with Crippen LogP contribution in [-0.4, -0.2) is 19.7 Å². The predicted molar refractivity (Wildman–Crippen MR) is 108 cm³/mol. The fraction of sp³-hybridized carbons (Fsp3) is 0.167. The van der Waals surface area contributed by atoms with Gasteiger partial charge in [0.05, 0.1) is 15.4 Å². The standard InChI is InChI=1S/C18H15Cl2N5S/c1-10-11(2)26-17-15(10)16(23-18(24-17)25-7-3-6-22-25)21-9-12-4-5-13(19)14(20)8-12/h3-8H,9H2,1-2H3,(H,21,23,24). The van der Waals surface area contributed by atoms with Gasteiger partial charge < -0.3 is 5.32 Å². The molecule has 1 N–H and O–H groups in total. The average molecular weight is 404 g/mol. The number of aromatic nitrogens is 4. The Morgan fingerprint density at radius 2 is 2.00 bits per heavy atom. The first kappa shape index (κ1) is 17.3. The first-order chi connectivity index (χ1) is 12.5. The number of aryl methyl sites for hydroxylation is 2. The molecule has 132 valence electrons. The molecule has 0 aliphatic carbocycles. The van der Waals surface area contributed by atoms with E-state index in [-0.39, 0.29) is 0 Å². The number of anilines is 1. The Balaban J connectivity index is 1.75. The summed E-state index contributed by atoms with van der Waals surface area (Å²) in [7, 11) is 0. The van der Waals surface area contributed by atoms with Crippen LogP contribution in [0, 0.1) is 13.8 Å². The number of halogens is 2. The van der Waals surface area contributed by atoms with Crippen molar-refractivity contribution in [2.75, 3.05) is 5.32 Å². The smallest absolute Gasteiger partial charge is 0.253 e. The summed E-state index contributed by atoms with van der Waals surface area (Å²) >= 11 is 13.8. The summed E-state index contributed by atoms with van der Waals surface area (Å²) in [5.74, 6) is 1.33. The van der Waals surface area contributed by atoms with E-state index in [2.05, 4.69) is 29.2 Å².